The lowest BCUT2D eigenvalue weighted by atomic mass is 10.1. The number of thiocarbonyl (C=S) groups is 1. The number of benzene rings is 2. The summed E-state index contributed by atoms with van der Waals surface area (Å²) in [5, 5.41) is 11.3. The van der Waals surface area contributed by atoms with E-state index < -0.39 is 12.0 Å². The Bertz CT molecular complexity index is 1100. The summed E-state index contributed by atoms with van der Waals surface area (Å²) < 4.78 is 6.40. The Hall–Kier alpha value is -3.17. The highest BCUT2D eigenvalue weighted by Gasteiger charge is 2.31. The third-order valence-corrected chi connectivity index (χ3v) is 6.69. The molecule has 0 spiro atoms. The smallest absolute Gasteiger partial charge is 0.325 e. The fourth-order valence-corrected chi connectivity index (χ4v) is 4.70. The van der Waals surface area contributed by atoms with Crippen LogP contribution in [0.15, 0.2) is 59.5 Å². The molecule has 1 aliphatic heterocycles. The second-order valence-electron chi connectivity index (χ2n) is 8.12. The van der Waals surface area contributed by atoms with Crippen LogP contribution in [0.1, 0.15) is 43.7 Å². The summed E-state index contributed by atoms with van der Waals surface area (Å²) in [6.07, 6.45) is 4.11. The molecule has 3 rings (SSSR count). The van der Waals surface area contributed by atoms with Crippen LogP contribution in [-0.2, 0) is 21.0 Å². The van der Waals surface area contributed by atoms with Crippen molar-refractivity contribution in [2.45, 2.75) is 45.3 Å². The number of nitrogens with zero attached hydrogens (tertiary/aromatic N) is 1. The van der Waals surface area contributed by atoms with Gasteiger partial charge < -0.3 is 15.2 Å². The van der Waals surface area contributed by atoms with Crippen LogP contribution in [0.25, 0.3) is 6.08 Å². The van der Waals surface area contributed by atoms with Crippen LogP contribution in [0.5, 0.6) is 5.75 Å². The molecule has 1 atom stereocenters. The van der Waals surface area contributed by atoms with Crippen LogP contribution in [0, 0.1) is 0 Å². The van der Waals surface area contributed by atoms with E-state index in [0.29, 0.717) is 35.2 Å². The van der Waals surface area contributed by atoms with Crippen molar-refractivity contribution < 1.29 is 24.2 Å². The third kappa shape index (κ3) is 8.22. The molecule has 7 nitrogen and oxygen atoms in total. The Labute approximate surface area is 214 Å². The molecule has 1 heterocycles. The molecule has 0 aromatic heterocycles. The average Bonchev–Trinajstić information content (AvgIpc) is 3.10. The minimum Gasteiger partial charge on any atom is -0.489 e. The molecule has 1 saturated heterocycles. The number of unbranched alkanes of at least 4 members (excludes halogenated alkanes) is 2. The zero-order valence-electron chi connectivity index (χ0n) is 19.4. The summed E-state index contributed by atoms with van der Waals surface area (Å²) in [5.74, 6) is -0.751. The number of carbonyl (C=O) groups is 3. The lowest BCUT2D eigenvalue weighted by Crippen LogP contribution is -2.38. The van der Waals surface area contributed by atoms with Gasteiger partial charge in [-0.3, -0.25) is 19.3 Å². The summed E-state index contributed by atoms with van der Waals surface area (Å²) in [4.78, 5) is 37.6. The van der Waals surface area contributed by atoms with E-state index in [9.17, 15) is 14.4 Å². The number of hydrogen-bond acceptors (Lipinski definition) is 6. The molecule has 1 aliphatic rings. The van der Waals surface area contributed by atoms with Gasteiger partial charge in [-0.05, 0) is 49.1 Å². The Kier molecular flexibility index (Phi) is 9.86. The predicted molar refractivity (Wildman–Crippen MR) is 141 cm³/mol. The minimum absolute atomic E-state index is 0.122. The van der Waals surface area contributed by atoms with Crippen LogP contribution in [0.3, 0.4) is 0 Å². The lowest BCUT2D eigenvalue weighted by molar-refractivity contribution is -0.141. The van der Waals surface area contributed by atoms with Gasteiger partial charge in [0, 0.05) is 13.0 Å². The Balaban J connectivity index is 1.47. The minimum atomic E-state index is -1.06. The van der Waals surface area contributed by atoms with Gasteiger partial charge in [-0.1, -0.05) is 72.9 Å². The quantitative estimate of drug-likeness (QED) is 0.243. The van der Waals surface area contributed by atoms with Crippen molar-refractivity contribution >= 4 is 52.2 Å². The molecular formula is C26H28N2O5S2. The van der Waals surface area contributed by atoms with Gasteiger partial charge in [0.25, 0.3) is 5.91 Å². The van der Waals surface area contributed by atoms with Crippen LogP contribution in [0.2, 0.25) is 0 Å². The van der Waals surface area contributed by atoms with Crippen molar-refractivity contribution in [3.63, 3.8) is 0 Å². The van der Waals surface area contributed by atoms with E-state index in [2.05, 4.69) is 5.32 Å². The standard InChI is InChI=1S/C26H28N2O5S2/c1-18(25(31)32)27-23(29)13-6-3-7-14-28-24(30)22(35-26(28)34)16-20-11-8-12-21(15-20)33-17-19-9-4-2-5-10-19/h2,4-5,8-12,15-16,18H,3,6-7,13-14,17H2,1H3,(H,27,29)(H,31,32)/b22-16-. The van der Waals surface area contributed by atoms with E-state index in [-0.39, 0.29) is 18.2 Å². The highest BCUT2D eigenvalue weighted by Crippen LogP contribution is 2.33. The number of carbonyl (C=O) groups excluding carboxylic acids is 2. The van der Waals surface area contributed by atoms with Crippen molar-refractivity contribution in [1.29, 1.82) is 0 Å². The monoisotopic (exact) mass is 512 g/mol. The third-order valence-electron chi connectivity index (χ3n) is 5.31. The summed E-state index contributed by atoms with van der Waals surface area (Å²) in [5.41, 5.74) is 1.94. The number of carboxylic acids is 1. The molecule has 1 unspecified atom stereocenters. The number of aliphatic carboxylic acids is 1. The zero-order valence-corrected chi connectivity index (χ0v) is 21.1. The van der Waals surface area contributed by atoms with Crippen LogP contribution in [-0.4, -0.2) is 44.7 Å². The second kappa shape index (κ2) is 13.1. The first kappa shape index (κ1) is 26.4. The van der Waals surface area contributed by atoms with Gasteiger partial charge in [0.1, 0.15) is 22.7 Å². The topological polar surface area (TPSA) is 95.9 Å². The molecule has 2 N–H and O–H groups in total. The number of thioether (sulfide) groups is 1. The summed E-state index contributed by atoms with van der Waals surface area (Å²) in [6, 6.07) is 16.6. The number of carboxylic acid groups (broad SMARTS) is 1. The fourth-order valence-electron chi connectivity index (χ4n) is 3.39. The number of nitrogens with one attached hydrogen (secondary N) is 1. The number of ether oxygens (including phenoxy) is 1. The number of amides is 2. The largest absolute Gasteiger partial charge is 0.489 e. The highest BCUT2D eigenvalue weighted by atomic mass is 32.2. The highest BCUT2D eigenvalue weighted by molar-refractivity contribution is 8.26. The van der Waals surface area contributed by atoms with Gasteiger partial charge in [-0.2, -0.15) is 0 Å². The second-order valence-corrected chi connectivity index (χ2v) is 9.79. The maximum absolute atomic E-state index is 12.9. The Morgan fingerprint density at radius 3 is 2.66 bits per heavy atom. The maximum atomic E-state index is 12.9. The van der Waals surface area contributed by atoms with Gasteiger partial charge in [0.15, 0.2) is 0 Å². The van der Waals surface area contributed by atoms with E-state index >= 15 is 0 Å². The van der Waals surface area contributed by atoms with Crippen molar-refractivity contribution in [3.05, 3.63) is 70.6 Å². The molecule has 0 aliphatic carbocycles. The van der Waals surface area contributed by atoms with Crippen molar-refractivity contribution in [3.8, 4) is 5.75 Å². The Morgan fingerprint density at radius 1 is 1.14 bits per heavy atom. The molecule has 9 heteroatoms. The van der Waals surface area contributed by atoms with E-state index in [0.717, 1.165) is 23.3 Å². The van der Waals surface area contributed by atoms with Gasteiger partial charge >= 0.3 is 5.97 Å². The zero-order chi connectivity index (χ0) is 25.2. The van der Waals surface area contributed by atoms with Crippen molar-refractivity contribution in [2.24, 2.45) is 0 Å². The Morgan fingerprint density at radius 2 is 1.91 bits per heavy atom. The van der Waals surface area contributed by atoms with E-state index in [1.165, 1.54) is 18.7 Å². The van der Waals surface area contributed by atoms with Crippen LogP contribution in [0.4, 0.5) is 0 Å². The molecule has 1 fully saturated rings. The first-order valence-corrected chi connectivity index (χ1v) is 12.6. The van der Waals surface area contributed by atoms with E-state index in [1.807, 2.05) is 60.7 Å². The maximum Gasteiger partial charge on any atom is 0.325 e. The molecule has 2 aromatic rings. The van der Waals surface area contributed by atoms with Gasteiger partial charge in [-0.25, -0.2) is 0 Å². The van der Waals surface area contributed by atoms with Crippen molar-refractivity contribution in [1.82, 2.24) is 10.2 Å². The molecule has 2 amide bonds. The molecule has 184 valence electrons. The van der Waals surface area contributed by atoms with Crippen LogP contribution >= 0.6 is 24.0 Å². The predicted octanol–water partition coefficient (Wildman–Crippen LogP) is 4.62. The fraction of sp³-hybridized carbons (Fsp3) is 0.308. The first-order chi connectivity index (χ1) is 16.8. The average molecular weight is 513 g/mol. The molecule has 2 aromatic carbocycles. The number of rotatable bonds is 12. The van der Waals surface area contributed by atoms with Crippen LogP contribution < -0.4 is 10.1 Å². The summed E-state index contributed by atoms with van der Waals surface area (Å²) >= 11 is 6.69. The molecular weight excluding hydrogens is 484 g/mol. The SMILES string of the molecule is CC(NC(=O)CCCCCN1C(=O)/C(=C/c2cccc(OCc3ccccc3)c2)SC1=S)C(=O)O. The van der Waals surface area contributed by atoms with E-state index in [1.54, 1.807) is 4.90 Å². The van der Waals surface area contributed by atoms with Gasteiger partial charge in [0.05, 0.1) is 4.91 Å². The normalized spacial score (nSPS) is 15.3. The number of hydrogen-bond donors (Lipinski definition) is 2. The van der Waals surface area contributed by atoms with E-state index in [4.69, 9.17) is 22.1 Å². The summed E-state index contributed by atoms with van der Waals surface area (Å²) in [6.45, 7) is 2.37. The first-order valence-electron chi connectivity index (χ1n) is 11.4. The molecule has 0 radical (unpaired) electrons. The lowest BCUT2D eigenvalue weighted by Gasteiger charge is -2.14. The van der Waals surface area contributed by atoms with Gasteiger partial charge in [0.2, 0.25) is 5.91 Å². The molecule has 0 bridgehead atoms. The van der Waals surface area contributed by atoms with Crippen molar-refractivity contribution in [2.75, 3.05) is 6.54 Å². The summed E-state index contributed by atoms with van der Waals surface area (Å²) in [7, 11) is 0. The van der Waals surface area contributed by atoms with Gasteiger partial charge in [-0.15, -0.1) is 0 Å². The molecule has 35 heavy (non-hydrogen) atoms. The molecule has 0 saturated carbocycles.